The van der Waals surface area contributed by atoms with Gasteiger partial charge in [0.05, 0.1) is 18.9 Å². The van der Waals surface area contributed by atoms with Crippen molar-refractivity contribution in [1.29, 1.82) is 0 Å². The van der Waals surface area contributed by atoms with Gasteiger partial charge < -0.3 is 14.8 Å². The minimum atomic E-state index is -0.407. The SMILES string of the molecule is O=C(C=Cc1ccco1)NC(CO)c1ccccc1. The lowest BCUT2D eigenvalue weighted by Crippen LogP contribution is -2.29. The van der Waals surface area contributed by atoms with Crippen molar-refractivity contribution in [3.8, 4) is 0 Å². The Morgan fingerprint density at radius 3 is 2.68 bits per heavy atom. The van der Waals surface area contributed by atoms with Crippen molar-refractivity contribution in [2.24, 2.45) is 0 Å². The number of benzene rings is 1. The Balaban J connectivity index is 1.97. The van der Waals surface area contributed by atoms with E-state index >= 15 is 0 Å². The molecular formula is C15H15NO3. The van der Waals surface area contributed by atoms with E-state index in [0.29, 0.717) is 5.76 Å². The fourth-order valence-electron chi connectivity index (χ4n) is 1.68. The number of rotatable bonds is 5. The lowest BCUT2D eigenvalue weighted by Gasteiger charge is -2.15. The highest BCUT2D eigenvalue weighted by Gasteiger charge is 2.11. The van der Waals surface area contributed by atoms with E-state index in [1.54, 1.807) is 18.2 Å². The van der Waals surface area contributed by atoms with Crippen LogP contribution in [0.15, 0.2) is 59.2 Å². The molecule has 0 saturated carbocycles. The summed E-state index contributed by atoms with van der Waals surface area (Å²) in [5, 5.41) is 12.1. The van der Waals surface area contributed by atoms with Gasteiger partial charge in [0, 0.05) is 6.08 Å². The first kappa shape index (κ1) is 13.1. The Hall–Kier alpha value is -2.33. The molecule has 2 aromatic rings. The zero-order valence-electron chi connectivity index (χ0n) is 10.3. The third-order valence-corrected chi connectivity index (χ3v) is 2.64. The second kappa shape index (κ2) is 6.56. The number of amides is 1. The van der Waals surface area contributed by atoms with Crippen LogP contribution < -0.4 is 5.32 Å². The van der Waals surface area contributed by atoms with Gasteiger partial charge in [0.1, 0.15) is 5.76 Å². The van der Waals surface area contributed by atoms with Gasteiger partial charge in [-0.15, -0.1) is 0 Å². The zero-order valence-corrected chi connectivity index (χ0v) is 10.3. The third-order valence-electron chi connectivity index (χ3n) is 2.64. The molecule has 1 amide bonds. The van der Waals surface area contributed by atoms with Crippen molar-refractivity contribution in [2.45, 2.75) is 6.04 Å². The molecule has 0 radical (unpaired) electrons. The van der Waals surface area contributed by atoms with Gasteiger partial charge in [-0.3, -0.25) is 4.79 Å². The maximum atomic E-state index is 11.7. The molecule has 2 N–H and O–H groups in total. The molecule has 0 saturated heterocycles. The largest absolute Gasteiger partial charge is 0.465 e. The molecule has 98 valence electrons. The summed E-state index contributed by atoms with van der Waals surface area (Å²) in [4.78, 5) is 11.7. The maximum Gasteiger partial charge on any atom is 0.244 e. The van der Waals surface area contributed by atoms with Crippen LogP contribution in [0.1, 0.15) is 17.4 Å². The van der Waals surface area contributed by atoms with Gasteiger partial charge in [0.25, 0.3) is 0 Å². The summed E-state index contributed by atoms with van der Waals surface area (Å²) in [6.07, 6.45) is 4.50. The number of aliphatic hydroxyl groups is 1. The van der Waals surface area contributed by atoms with E-state index in [9.17, 15) is 9.90 Å². The van der Waals surface area contributed by atoms with Crippen LogP contribution in [0.4, 0.5) is 0 Å². The minimum absolute atomic E-state index is 0.148. The standard InChI is InChI=1S/C15H15NO3/c17-11-14(12-5-2-1-3-6-12)16-15(18)9-8-13-7-4-10-19-13/h1-10,14,17H,11H2,(H,16,18). The van der Waals surface area contributed by atoms with Gasteiger partial charge in [-0.25, -0.2) is 0 Å². The Morgan fingerprint density at radius 1 is 1.26 bits per heavy atom. The van der Waals surface area contributed by atoms with Crippen molar-refractivity contribution in [1.82, 2.24) is 5.32 Å². The van der Waals surface area contributed by atoms with E-state index < -0.39 is 6.04 Å². The highest BCUT2D eigenvalue weighted by Crippen LogP contribution is 2.11. The molecule has 0 aliphatic rings. The smallest absolute Gasteiger partial charge is 0.244 e. The van der Waals surface area contributed by atoms with Crippen LogP contribution in [0.25, 0.3) is 6.08 Å². The summed E-state index contributed by atoms with van der Waals surface area (Å²) in [5.41, 5.74) is 0.866. The van der Waals surface area contributed by atoms with Crippen LogP contribution in [0, 0.1) is 0 Å². The number of hydrogen-bond acceptors (Lipinski definition) is 3. The highest BCUT2D eigenvalue weighted by atomic mass is 16.3. The van der Waals surface area contributed by atoms with E-state index in [0.717, 1.165) is 5.56 Å². The summed E-state index contributed by atoms with van der Waals surface area (Å²) in [6.45, 7) is -0.148. The van der Waals surface area contributed by atoms with Crippen LogP contribution in [0.3, 0.4) is 0 Å². The van der Waals surface area contributed by atoms with E-state index in [1.165, 1.54) is 12.3 Å². The molecule has 0 aliphatic carbocycles. The second-order valence-electron chi connectivity index (χ2n) is 4.00. The van der Waals surface area contributed by atoms with Gasteiger partial charge in [-0.1, -0.05) is 30.3 Å². The molecule has 1 unspecified atom stereocenters. The summed E-state index contributed by atoms with van der Waals surface area (Å²) < 4.78 is 5.08. The van der Waals surface area contributed by atoms with Crippen LogP contribution >= 0.6 is 0 Å². The lowest BCUT2D eigenvalue weighted by molar-refractivity contribution is -0.117. The topological polar surface area (TPSA) is 62.5 Å². The Bertz CT molecular complexity index is 532. The molecule has 0 fully saturated rings. The molecular weight excluding hydrogens is 242 g/mol. The summed E-state index contributed by atoms with van der Waals surface area (Å²) in [7, 11) is 0. The van der Waals surface area contributed by atoms with E-state index in [-0.39, 0.29) is 12.5 Å². The molecule has 0 spiro atoms. The van der Waals surface area contributed by atoms with Crippen LogP contribution in [0.2, 0.25) is 0 Å². The number of aliphatic hydroxyl groups excluding tert-OH is 1. The number of carbonyl (C=O) groups is 1. The van der Waals surface area contributed by atoms with Crippen molar-refractivity contribution >= 4 is 12.0 Å². The minimum Gasteiger partial charge on any atom is -0.465 e. The summed E-state index contributed by atoms with van der Waals surface area (Å²) >= 11 is 0. The molecule has 4 heteroatoms. The molecule has 2 rings (SSSR count). The molecule has 4 nitrogen and oxygen atoms in total. The summed E-state index contributed by atoms with van der Waals surface area (Å²) in [5.74, 6) is 0.328. The van der Waals surface area contributed by atoms with E-state index in [1.807, 2.05) is 30.3 Å². The normalized spacial score (nSPS) is 12.5. The van der Waals surface area contributed by atoms with Crippen molar-refractivity contribution in [2.75, 3.05) is 6.61 Å². The molecule has 1 heterocycles. The zero-order chi connectivity index (χ0) is 13.5. The molecule has 19 heavy (non-hydrogen) atoms. The first-order valence-electron chi connectivity index (χ1n) is 5.97. The predicted molar refractivity (Wildman–Crippen MR) is 72.2 cm³/mol. The van der Waals surface area contributed by atoms with Gasteiger partial charge in [0.15, 0.2) is 0 Å². The predicted octanol–water partition coefficient (Wildman–Crippen LogP) is 2.14. The number of hydrogen-bond donors (Lipinski definition) is 2. The van der Waals surface area contributed by atoms with Gasteiger partial charge in [-0.05, 0) is 23.8 Å². The average molecular weight is 257 g/mol. The quantitative estimate of drug-likeness (QED) is 0.807. The van der Waals surface area contributed by atoms with Crippen molar-refractivity contribution in [3.63, 3.8) is 0 Å². The maximum absolute atomic E-state index is 11.7. The molecule has 1 atom stereocenters. The average Bonchev–Trinajstić information content (AvgIpc) is 2.97. The van der Waals surface area contributed by atoms with Gasteiger partial charge in [-0.2, -0.15) is 0 Å². The Morgan fingerprint density at radius 2 is 2.05 bits per heavy atom. The summed E-state index contributed by atoms with van der Waals surface area (Å²) in [6, 6.07) is 12.4. The molecule has 0 aliphatic heterocycles. The lowest BCUT2D eigenvalue weighted by atomic mass is 10.1. The first-order valence-corrected chi connectivity index (χ1v) is 5.97. The van der Waals surface area contributed by atoms with Crippen LogP contribution in [-0.4, -0.2) is 17.6 Å². The van der Waals surface area contributed by atoms with E-state index in [2.05, 4.69) is 5.32 Å². The number of furan rings is 1. The number of carbonyl (C=O) groups excluding carboxylic acids is 1. The van der Waals surface area contributed by atoms with Crippen molar-refractivity contribution < 1.29 is 14.3 Å². The van der Waals surface area contributed by atoms with Gasteiger partial charge >= 0.3 is 0 Å². The highest BCUT2D eigenvalue weighted by molar-refractivity contribution is 5.91. The molecule has 0 bridgehead atoms. The number of nitrogens with one attached hydrogen (secondary N) is 1. The fourth-order valence-corrected chi connectivity index (χ4v) is 1.68. The van der Waals surface area contributed by atoms with Gasteiger partial charge in [0.2, 0.25) is 5.91 Å². The molecule has 1 aromatic heterocycles. The molecule has 1 aromatic carbocycles. The van der Waals surface area contributed by atoms with E-state index in [4.69, 9.17) is 4.42 Å². The van der Waals surface area contributed by atoms with Crippen LogP contribution in [-0.2, 0) is 4.79 Å². The Labute approximate surface area is 111 Å². The fraction of sp³-hybridized carbons (Fsp3) is 0.133. The second-order valence-corrected chi connectivity index (χ2v) is 4.00. The van der Waals surface area contributed by atoms with Crippen LogP contribution in [0.5, 0.6) is 0 Å². The first-order chi connectivity index (χ1) is 9.29. The van der Waals surface area contributed by atoms with Crippen molar-refractivity contribution in [3.05, 3.63) is 66.1 Å². The Kier molecular flexibility index (Phi) is 4.53. The third kappa shape index (κ3) is 3.82. The monoisotopic (exact) mass is 257 g/mol.